The van der Waals surface area contributed by atoms with Crippen LogP contribution in [0.4, 0.5) is 4.39 Å². The standard InChI is InChI=1S/C16H15FO3/c1-10-5-11(2)7-13(6-10)20-9-12-3-4-14(16(18)19)15(17)8-12/h3-8H,9H2,1-2H3,(H,18,19). The topological polar surface area (TPSA) is 46.5 Å². The average Bonchev–Trinajstić information content (AvgIpc) is 2.35. The highest BCUT2D eigenvalue weighted by molar-refractivity contribution is 5.87. The molecule has 0 saturated carbocycles. The van der Waals surface area contributed by atoms with Crippen molar-refractivity contribution in [3.8, 4) is 5.75 Å². The molecule has 0 heterocycles. The molecule has 0 fully saturated rings. The fourth-order valence-corrected chi connectivity index (χ4v) is 2.00. The Labute approximate surface area is 116 Å². The van der Waals surface area contributed by atoms with E-state index in [2.05, 4.69) is 0 Å². The molecule has 0 aromatic heterocycles. The Morgan fingerprint density at radius 2 is 1.80 bits per heavy atom. The summed E-state index contributed by atoms with van der Waals surface area (Å²) in [6.45, 7) is 4.14. The molecule has 2 aromatic carbocycles. The van der Waals surface area contributed by atoms with Gasteiger partial charge in [0.2, 0.25) is 0 Å². The van der Waals surface area contributed by atoms with Crippen molar-refractivity contribution in [1.29, 1.82) is 0 Å². The molecule has 0 spiro atoms. The lowest BCUT2D eigenvalue weighted by molar-refractivity contribution is 0.0692. The number of carboxylic acids is 1. The molecule has 0 aliphatic carbocycles. The molecule has 0 amide bonds. The van der Waals surface area contributed by atoms with Gasteiger partial charge in [0.05, 0.1) is 5.56 Å². The Morgan fingerprint density at radius 1 is 1.15 bits per heavy atom. The zero-order chi connectivity index (χ0) is 14.7. The van der Waals surface area contributed by atoms with Crippen molar-refractivity contribution in [3.05, 3.63) is 64.5 Å². The Hall–Kier alpha value is -2.36. The third-order valence-corrected chi connectivity index (χ3v) is 2.86. The van der Waals surface area contributed by atoms with Gasteiger partial charge >= 0.3 is 5.97 Å². The molecular weight excluding hydrogens is 259 g/mol. The predicted molar refractivity (Wildman–Crippen MR) is 73.6 cm³/mol. The molecule has 0 aliphatic rings. The Kier molecular flexibility index (Phi) is 4.03. The van der Waals surface area contributed by atoms with E-state index in [9.17, 15) is 9.18 Å². The van der Waals surface area contributed by atoms with Crippen molar-refractivity contribution < 1.29 is 19.0 Å². The van der Waals surface area contributed by atoms with E-state index in [1.807, 2.05) is 32.0 Å². The second-order valence-corrected chi connectivity index (χ2v) is 4.73. The lowest BCUT2D eigenvalue weighted by atomic mass is 10.1. The molecule has 0 bridgehead atoms. The number of halogens is 1. The molecule has 1 N–H and O–H groups in total. The van der Waals surface area contributed by atoms with Gasteiger partial charge < -0.3 is 9.84 Å². The van der Waals surface area contributed by atoms with E-state index < -0.39 is 11.8 Å². The summed E-state index contributed by atoms with van der Waals surface area (Å²) in [5.74, 6) is -1.31. The number of aryl methyl sites for hydroxylation is 2. The van der Waals surface area contributed by atoms with E-state index in [1.165, 1.54) is 12.1 Å². The minimum absolute atomic E-state index is 0.194. The van der Waals surface area contributed by atoms with Crippen LogP contribution in [0.25, 0.3) is 0 Å². The highest BCUT2D eigenvalue weighted by Gasteiger charge is 2.10. The number of benzene rings is 2. The number of carbonyl (C=O) groups is 1. The highest BCUT2D eigenvalue weighted by Crippen LogP contribution is 2.18. The van der Waals surface area contributed by atoms with Crippen LogP contribution < -0.4 is 4.74 Å². The first-order valence-corrected chi connectivity index (χ1v) is 6.18. The third kappa shape index (κ3) is 3.35. The zero-order valence-electron chi connectivity index (χ0n) is 11.3. The van der Waals surface area contributed by atoms with Gasteiger partial charge in [-0.05, 0) is 54.8 Å². The van der Waals surface area contributed by atoms with E-state index in [-0.39, 0.29) is 12.2 Å². The number of ether oxygens (including phenoxy) is 1. The normalized spacial score (nSPS) is 10.3. The van der Waals surface area contributed by atoms with Crippen LogP contribution in [0.15, 0.2) is 36.4 Å². The maximum Gasteiger partial charge on any atom is 0.338 e. The predicted octanol–water partition coefficient (Wildman–Crippen LogP) is 3.72. The Bertz CT molecular complexity index is 630. The summed E-state index contributed by atoms with van der Waals surface area (Å²) in [4.78, 5) is 10.7. The van der Waals surface area contributed by atoms with Crippen molar-refractivity contribution >= 4 is 5.97 Å². The first-order chi connectivity index (χ1) is 9.45. The van der Waals surface area contributed by atoms with Crippen LogP contribution in [-0.2, 0) is 6.61 Å². The molecule has 20 heavy (non-hydrogen) atoms. The number of carboxylic acid groups (broad SMARTS) is 1. The van der Waals surface area contributed by atoms with Gasteiger partial charge in [-0.2, -0.15) is 0 Å². The minimum Gasteiger partial charge on any atom is -0.489 e. The summed E-state index contributed by atoms with van der Waals surface area (Å²) in [6, 6.07) is 9.82. The molecule has 2 aromatic rings. The van der Waals surface area contributed by atoms with E-state index in [0.29, 0.717) is 11.3 Å². The third-order valence-electron chi connectivity index (χ3n) is 2.86. The fourth-order valence-electron chi connectivity index (χ4n) is 2.00. The summed E-state index contributed by atoms with van der Waals surface area (Å²) in [5, 5.41) is 8.75. The number of hydrogen-bond donors (Lipinski definition) is 1. The number of rotatable bonds is 4. The van der Waals surface area contributed by atoms with Gasteiger partial charge in [0.1, 0.15) is 18.2 Å². The van der Waals surface area contributed by atoms with Crippen LogP contribution in [0.3, 0.4) is 0 Å². The van der Waals surface area contributed by atoms with Crippen molar-refractivity contribution in [2.24, 2.45) is 0 Å². The molecule has 0 unspecified atom stereocenters. The molecule has 0 atom stereocenters. The van der Waals surface area contributed by atoms with Crippen LogP contribution in [0.2, 0.25) is 0 Å². The minimum atomic E-state index is -1.27. The molecule has 2 rings (SSSR count). The molecule has 3 nitrogen and oxygen atoms in total. The van der Waals surface area contributed by atoms with Gasteiger partial charge in [-0.25, -0.2) is 9.18 Å². The quantitative estimate of drug-likeness (QED) is 0.924. The summed E-state index contributed by atoms with van der Waals surface area (Å²) in [7, 11) is 0. The summed E-state index contributed by atoms with van der Waals surface area (Å²) < 4.78 is 19.1. The van der Waals surface area contributed by atoms with Gasteiger partial charge in [0.25, 0.3) is 0 Å². The number of hydrogen-bond acceptors (Lipinski definition) is 2. The summed E-state index contributed by atoms with van der Waals surface area (Å²) >= 11 is 0. The molecule has 4 heteroatoms. The van der Waals surface area contributed by atoms with Crippen molar-refractivity contribution in [1.82, 2.24) is 0 Å². The maximum absolute atomic E-state index is 13.5. The van der Waals surface area contributed by atoms with Crippen molar-refractivity contribution in [3.63, 3.8) is 0 Å². The molecule has 0 saturated heterocycles. The van der Waals surface area contributed by atoms with Crippen LogP contribution >= 0.6 is 0 Å². The van der Waals surface area contributed by atoms with Gasteiger partial charge in [0, 0.05) is 0 Å². The summed E-state index contributed by atoms with van der Waals surface area (Å²) in [5.41, 5.74) is 2.44. The largest absolute Gasteiger partial charge is 0.489 e. The zero-order valence-corrected chi connectivity index (χ0v) is 11.3. The molecule has 0 aliphatic heterocycles. The second kappa shape index (κ2) is 5.74. The van der Waals surface area contributed by atoms with Crippen molar-refractivity contribution in [2.45, 2.75) is 20.5 Å². The smallest absolute Gasteiger partial charge is 0.338 e. The monoisotopic (exact) mass is 274 g/mol. The first-order valence-electron chi connectivity index (χ1n) is 6.18. The van der Waals surface area contributed by atoms with Gasteiger partial charge in [-0.3, -0.25) is 0 Å². The van der Waals surface area contributed by atoms with Gasteiger partial charge in [0.15, 0.2) is 0 Å². The fraction of sp³-hybridized carbons (Fsp3) is 0.188. The van der Waals surface area contributed by atoms with E-state index in [1.54, 1.807) is 6.07 Å². The highest BCUT2D eigenvalue weighted by atomic mass is 19.1. The molecule has 0 radical (unpaired) electrons. The maximum atomic E-state index is 13.5. The summed E-state index contributed by atoms with van der Waals surface area (Å²) in [6.07, 6.45) is 0. The SMILES string of the molecule is Cc1cc(C)cc(OCc2ccc(C(=O)O)c(F)c2)c1. The molecule has 104 valence electrons. The molecular formula is C16H15FO3. The second-order valence-electron chi connectivity index (χ2n) is 4.73. The number of aromatic carboxylic acids is 1. The lowest BCUT2D eigenvalue weighted by Crippen LogP contribution is -2.03. The van der Waals surface area contributed by atoms with Crippen LogP contribution in [-0.4, -0.2) is 11.1 Å². The van der Waals surface area contributed by atoms with E-state index >= 15 is 0 Å². The first kappa shape index (κ1) is 14.1. The van der Waals surface area contributed by atoms with Gasteiger partial charge in [-0.15, -0.1) is 0 Å². The van der Waals surface area contributed by atoms with Crippen LogP contribution in [0.1, 0.15) is 27.0 Å². The van der Waals surface area contributed by atoms with Crippen LogP contribution in [0.5, 0.6) is 5.75 Å². The lowest BCUT2D eigenvalue weighted by Gasteiger charge is -2.09. The van der Waals surface area contributed by atoms with Gasteiger partial charge in [-0.1, -0.05) is 12.1 Å². The van der Waals surface area contributed by atoms with Crippen molar-refractivity contribution in [2.75, 3.05) is 0 Å². The van der Waals surface area contributed by atoms with E-state index in [0.717, 1.165) is 11.1 Å². The average molecular weight is 274 g/mol. The van der Waals surface area contributed by atoms with Crippen LogP contribution in [0, 0.1) is 19.7 Å². The Morgan fingerprint density at radius 3 is 2.35 bits per heavy atom. The Balaban J connectivity index is 2.11. The van der Waals surface area contributed by atoms with E-state index in [4.69, 9.17) is 9.84 Å².